The summed E-state index contributed by atoms with van der Waals surface area (Å²) in [6.07, 6.45) is 0.860. The molecule has 0 aliphatic carbocycles. The van der Waals surface area contributed by atoms with Gasteiger partial charge in [0.1, 0.15) is 0 Å². The summed E-state index contributed by atoms with van der Waals surface area (Å²) in [7, 11) is 0. The Morgan fingerprint density at radius 3 is 2.32 bits per heavy atom. The fourth-order valence-electron chi connectivity index (χ4n) is 3.64. The van der Waals surface area contributed by atoms with Gasteiger partial charge in [0.05, 0.1) is 0 Å². The highest BCUT2D eigenvalue weighted by Crippen LogP contribution is 2.24. The predicted octanol–water partition coefficient (Wildman–Crippen LogP) is 3.77. The number of carbonyl (C=O) groups is 2. The molecule has 0 bridgehead atoms. The van der Waals surface area contributed by atoms with Crippen LogP contribution in [0.4, 0.5) is 5.69 Å². The number of aryl methyl sites for hydroxylation is 3. The molecule has 0 radical (unpaired) electrons. The van der Waals surface area contributed by atoms with E-state index in [2.05, 4.69) is 11.4 Å². The van der Waals surface area contributed by atoms with Crippen LogP contribution in [-0.2, 0) is 17.8 Å². The van der Waals surface area contributed by atoms with E-state index in [9.17, 15) is 9.59 Å². The van der Waals surface area contributed by atoms with E-state index in [-0.39, 0.29) is 11.8 Å². The highest BCUT2D eigenvalue weighted by Gasteiger charge is 2.19. The number of fused-ring (bicyclic) bond motifs is 1. The minimum Gasteiger partial charge on any atom is -0.338 e. The van der Waals surface area contributed by atoms with Gasteiger partial charge in [-0.2, -0.15) is 0 Å². The van der Waals surface area contributed by atoms with Crippen molar-refractivity contribution >= 4 is 17.5 Å². The van der Waals surface area contributed by atoms with E-state index >= 15 is 0 Å². The number of benzene rings is 2. The molecule has 0 atom stereocenters. The maximum atomic E-state index is 12.7. The number of anilines is 1. The summed E-state index contributed by atoms with van der Waals surface area (Å²) >= 11 is 0. The molecular formula is C21H24N2O2. The minimum absolute atomic E-state index is 0.0887. The van der Waals surface area contributed by atoms with Crippen molar-refractivity contribution in [1.29, 1.82) is 0 Å². The molecule has 25 heavy (non-hydrogen) atoms. The van der Waals surface area contributed by atoms with Crippen molar-refractivity contribution in [3.63, 3.8) is 0 Å². The van der Waals surface area contributed by atoms with Gasteiger partial charge in [-0.15, -0.1) is 0 Å². The van der Waals surface area contributed by atoms with Crippen LogP contribution >= 0.6 is 0 Å². The number of amides is 2. The van der Waals surface area contributed by atoms with Crippen molar-refractivity contribution in [2.45, 2.75) is 40.7 Å². The molecule has 0 unspecified atom stereocenters. The molecule has 0 aromatic heterocycles. The molecule has 3 rings (SSSR count). The molecule has 2 aromatic rings. The molecule has 1 heterocycles. The molecule has 0 saturated heterocycles. The monoisotopic (exact) mass is 336 g/mol. The molecular weight excluding hydrogens is 312 g/mol. The molecule has 1 aliphatic heterocycles. The average molecular weight is 336 g/mol. The lowest BCUT2D eigenvalue weighted by atomic mass is 9.98. The van der Waals surface area contributed by atoms with Gasteiger partial charge in [0, 0.05) is 31.3 Å². The minimum atomic E-state index is -0.0887. The third-order valence-corrected chi connectivity index (χ3v) is 4.83. The molecule has 4 nitrogen and oxygen atoms in total. The van der Waals surface area contributed by atoms with Crippen molar-refractivity contribution in [2.24, 2.45) is 0 Å². The zero-order chi connectivity index (χ0) is 18.1. The van der Waals surface area contributed by atoms with Gasteiger partial charge in [0.2, 0.25) is 5.91 Å². The van der Waals surface area contributed by atoms with E-state index < -0.39 is 0 Å². The predicted molar refractivity (Wildman–Crippen MR) is 99.8 cm³/mol. The van der Waals surface area contributed by atoms with Gasteiger partial charge in [-0.05, 0) is 61.6 Å². The first-order valence-electron chi connectivity index (χ1n) is 8.61. The zero-order valence-electron chi connectivity index (χ0n) is 15.3. The fourth-order valence-corrected chi connectivity index (χ4v) is 3.64. The Balaban J connectivity index is 1.84. The van der Waals surface area contributed by atoms with Crippen LogP contribution < -0.4 is 5.32 Å². The normalized spacial score (nSPS) is 13.4. The Kier molecular flexibility index (Phi) is 4.62. The van der Waals surface area contributed by atoms with E-state index in [0.717, 1.165) is 46.5 Å². The van der Waals surface area contributed by atoms with Gasteiger partial charge in [0.25, 0.3) is 5.91 Å². The summed E-state index contributed by atoms with van der Waals surface area (Å²) in [5, 5.41) is 3.01. The summed E-state index contributed by atoms with van der Waals surface area (Å²) in [4.78, 5) is 26.2. The number of hydrogen-bond acceptors (Lipinski definition) is 2. The molecule has 0 spiro atoms. The third-order valence-electron chi connectivity index (χ3n) is 4.83. The second kappa shape index (κ2) is 6.71. The Morgan fingerprint density at radius 2 is 1.68 bits per heavy atom. The Hall–Kier alpha value is -2.62. The SMILES string of the molecule is CC(=O)N1CCc2ccc(NC(=O)c3c(C)cc(C)cc3C)cc2C1. The van der Waals surface area contributed by atoms with Crippen LogP contribution in [0.1, 0.15) is 45.1 Å². The second-order valence-corrected chi connectivity index (χ2v) is 6.90. The Labute approximate surface area is 148 Å². The lowest BCUT2D eigenvalue weighted by molar-refractivity contribution is -0.129. The number of nitrogens with zero attached hydrogens (tertiary/aromatic N) is 1. The van der Waals surface area contributed by atoms with Gasteiger partial charge in [-0.3, -0.25) is 9.59 Å². The summed E-state index contributed by atoms with van der Waals surface area (Å²) in [6.45, 7) is 8.93. The highest BCUT2D eigenvalue weighted by atomic mass is 16.2. The number of hydrogen-bond donors (Lipinski definition) is 1. The van der Waals surface area contributed by atoms with Gasteiger partial charge >= 0.3 is 0 Å². The first-order chi connectivity index (χ1) is 11.8. The van der Waals surface area contributed by atoms with Crippen molar-refractivity contribution in [2.75, 3.05) is 11.9 Å². The van der Waals surface area contributed by atoms with Gasteiger partial charge in [-0.25, -0.2) is 0 Å². The van der Waals surface area contributed by atoms with E-state index in [1.807, 2.05) is 49.9 Å². The van der Waals surface area contributed by atoms with Gasteiger partial charge in [-0.1, -0.05) is 23.8 Å². The molecule has 130 valence electrons. The van der Waals surface area contributed by atoms with Gasteiger partial charge < -0.3 is 10.2 Å². The van der Waals surface area contributed by atoms with Crippen molar-refractivity contribution < 1.29 is 9.59 Å². The van der Waals surface area contributed by atoms with Crippen LogP contribution in [0.3, 0.4) is 0 Å². The van der Waals surface area contributed by atoms with E-state index in [0.29, 0.717) is 6.54 Å². The van der Waals surface area contributed by atoms with Crippen molar-refractivity contribution in [1.82, 2.24) is 4.90 Å². The van der Waals surface area contributed by atoms with Crippen LogP contribution in [0.5, 0.6) is 0 Å². The average Bonchev–Trinajstić information content (AvgIpc) is 2.53. The lowest BCUT2D eigenvalue weighted by Gasteiger charge is -2.28. The molecule has 1 N–H and O–H groups in total. The first-order valence-corrected chi connectivity index (χ1v) is 8.61. The molecule has 4 heteroatoms. The van der Waals surface area contributed by atoms with Gasteiger partial charge in [0.15, 0.2) is 0 Å². The van der Waals surface area contributed by atoms with Crippen LogP contribution in [0.15, 0.2) is 30.3 Å². The maximum Gasteiger partial charge on any atom is 0.256 e. The largest absolute Gasteiger partial charge is 0.338 e. The molecule has 0 fully saturated rings. The van der Waals surface area contributed by atoms with Crippen LogP contribution in [0, 0.1) is 20.8 Å². The lowest BCUT2D eigenvalue weighted by Crippen LogP contribution is -2.34. The molecule has 2 amide bonds. The first kappa shape index (κ1) is 17.2. The molecule has 2 aromatic carbocycles. The summed E-state index contributed by atoms with van der Waals surface area (Å²) in [6, 6.07) is 10.0. The van der Waals surface area contributed by atoms with Crippen LogP contribution in [-0.4, -0.2) is 23.3 Å². The summed E-state index contributed by atoms with van der Waals surface area (Å²) < 4.78 is 0. The topological polar surface area (TPSA) is 49.4 Å². The third kappa shape index (κ3) is 3.58. The van der Waals surface area contributed by atoms with Crippen molar-refractivity contribution in [3.8, 4) is 0 Å². The zero-order valence-corrected chi connectivity index (χ0v) is 15.3. The number of rotatable bonds is 2. The highest BCUT2D eigenvalue weighted by molar-refractivity contribution is 6.06. The summed E-state index contributed by atoms with van der Waals surface area (Å²) in [5.74, 6) is 0.000164. The fraction of sp³-hybridized carbons (Fsp3) is 0.333. The maximum absolute atomic E-state index is 12.7. The smallest absolute Gasteiger partial charge is 0.256 e. The quantitative estimate of drug-likeness (QED) is 0.907. The van der Waals surface area contributed by atoms with E-state index in [1.54, 1.807) is 6.92 Å². The Bertz CT molecular complexity index is 832. The van der Waals surface area contributed by atoms with Crippen molar-refractivity contribution in [3.05, 3.63) is 63.7 Å². The second-order valence-electron chi connectivity index (χ2n) is 6.90. The summed E-state index contributed by atoms with van der Waals surface area (Å²) in [5.41, 5.74) is 6.98. The van der Waals surface area contributed by atoms with Crippen LogP contribution in [0.2, 0.25) is 0 Å². The molecule has 0 saturated carbocycles. The standard InChI is InChI=1S/C21H24N2O2/c1-13-9-14(2)20(15(3)10-13)21(25)22-19-6-5-17-7-8-23(16(4)24)12-18(17)11-19/h5-6,9-11H,7-8,12H2,1-4H3,(H,22,25). The van der Waals surface area contributed by atoms with E-state index in [4.69, 9.17) is 0 Å². The van der Waals surface area contributed by atoms with E-state index in [1.165, 1.54) is 5.56 Å². The number of nitrogens with one attached hydrogen (secondary N) is 1. The molecule has 1 aliphatic rings. The van der Waals surface area contributed by atoms with Crippen LogP contribution in [0.25, 0.3) is 0 Å². The Morgan fingerprint density at radius 1 is 1.00 bits per heavy atom. The number of carbonyl (C=O) groups excluding carboxylic acids is 2.